The average molecular weight is 254 g/mol. The van der Waals surface area contributed by atoms with Gasteiger partial charge in [-0.2, -0.15) is 0 Å². The SMILES string of the molecule is NCC(O)C(N)(C1CCCCC1)C1CCCCC1. The molecule has 18 heavy (non-hydrogen) atoms. The van der Waals surface area contributed by atoms with E-state index in [1.807, 2.05) is 0 Å². The van der Waals surface area contributed by atoms with Crippen molar-refractivity contribution in [1.82, 2.24) is 0 Å². The van der Waals surface area contributed by atoms with Gasteiger partial charge in [-0.15, -0.1) is 0 Å². The van der Waals surface area contributed by atoms with Gasteiger partial charge in [-0.3, -0.25) is 0 Å². The number of rotatable bonds is 4. The van der Waals surface area contributed by atoms with Gasteiger partial charge in [-0.1, -0.05) is 38.5 Å². The highest BCUT2D eigenvalue weighted by Crippen LogP contribution is 2.43. The summed E-state index contributed by atoms with van der Waals surface area (Å²) in [5.41, 5.74) is 12.1. The van der Waals surface area contributed by atoms with Crippen LogP contribution < -0.4 is 11.5 Å². The Kier molecular flexibility index (Phi) is 5.05. The minimum Gasteiger partial charge on any atom is -0.390 e. The first kappa shape index (κ1) is 14.3. The molecule has 0 bridgehead atoms. The third kappa shape index (κ3) is 2.73. The van der Waals surface area contributed by atoms with E-state index in [2.05, 4.69) is 0 Å². The Morgan fingerprint density at radius 3 is 1.61 bits per heavy atom. The maximum Gasteiger partial charge on any atom is 0.0846 e. The monoisotopic (exact) mass is 254 g/mol. The van der Waals surface area contributed by atoms with Gasteiger partial charge < -0.3 is 16.6 Å². The maximum absolute atomic E-state index is 10.4. The van der Waals surface area contributed by atoms with Crippen LogP contribution in [0.5, 0.6) is 0 Å². The molecule has 0 saturated heterocycles. The van der Waals surface area contributed by atoms with Gasteiger partial charge in [-0.25, -0.2) is 0 Å². The van der Waals surface area contributed by atoms with E-state index in [0.717, 1.165) is 0 Å². The van der Waals surface area contributed by atoms with Crippen molar-refractivity contribution in [2.45, 2.75) is 75.9 Å². The van der Waals surface area contributed by atoms with Crippen LogP contribution in [0.4, 0.5) is 0 Å². The van der Waals surface area contributed by atoms with Crippen LogP contribution in [0.1, 0.15) is 64.2 Å². The summed E-state index contributed by atoms with van der Waals surface area (Å²) in [7, 11) is 0. The van der Waals surface area contributed by atoms with Crippen molar-refractivity contribution in [1.29, 1.82) is 0 Å². The standard InChI is InChI=1S/C15H30N2O/c16-11-14(18)15(17,12-7-3-1-4-8-12)13-9-5-2-6-10-13/h12-14,18H,1-11,16-17H2. The molecular formula is C15H30N2O. The molecule has 0 amide bonds. The van der Waals surface area contributed by atoms with E-state index in [0.29, 0.717) is 18.4 Å². The number of hydrogen-bond donors (Lipinski definition) is 3. The highest BCUT2D eigenvalue weighted by atomic mass is 16.3. The minimum atomic E-state index is -0.524. The van der Waals surface area contributed by atoms with Crippen molar-refractivity contribution in [2.75, 3.05) is 6.54 Å². The first-order valence-corrected chi connectivity index (χ1v) is 7.86. The Bertz CT molecular complexity index is 227. The van der Waals surface area contributed by atoms with Gasteiger partial charge in [0.1, 0.15) is 0 Å². The van der Waals surface area contributed by atoms with E-state index < -0.39 is 11.6 Å². The minimum absolute atomic E-state index is 0.309. The Morgan fingerprint density at radius 1 is 0.889 bits per heavy atom. The Labute approximate surface area is 111 Å². The number of nitrogens with two attached hydrogens (primary N) is 2. The molecule has 2 saturated carbocycles. The van der Waals surface area contributed by atoms with Crippen LogP contribution in [0, 0.1) is 11.8 Å². The highest BCUT2D eigenvalue weighted by Gasteiger charge is 2.46. The van der Waals surface area contributed by atoms with E-state index in [-0.39, 0.29) is 0 Å². The van der Waals surface area contributed by atoms with E-state index in [4.69, 9.17) is 11.5 Å². The summed E-state index contributed by atoms with van der Waals surface area (Å²) >= 11 is 0. The Balaban J connectivity index is 2.14. The van der Waals surface area contributed by atoms with Gasteiger partial charge >= 0.3 is 0 Å². The van der Waals surface area contributed by atoms with E-state index in [9.17, 15) is 5.11 Å². The second-order valence-electron chi connectivity index (χ2n) is 6.42. The molecule has 0 heterocycles. The molecule has 0 aromatic rings. The molecule has 0 aromatic carbocycles. The normalized spacial score (nSPS) is 26.2. The van der Waals surface area contributed by atoms with Crippen LogP contribution in [0.2, 0.25) is 0 Å². The summed E-state index contributed by atoms with van der Waals surface area (Å²) < 4.78 is 0. The maximum atomic E-state index is 10.4. The molecule has 0 spiro atoms. The molecule has 3 heteroatoms. The van der Waals surface area contributed by atoms with Crippen molar-refractivity contribution < 1.29 is 5.11 Å². The Morgan fingerprint density at radius 2 is 1.28 bits per heavy atom. The predicted octanol–water partition coefficient (Wildman–Crippen LogP) is 2.16. The number of hydrogen-bond acceptors (Lipinski definition) is 3. The molecule has 5 N–H and O–H groups in total. The summed E-state index contributed by atoms with van der Waals surface area (Å²) in [5, 5.41) is 10.4. The fourth-order valence-electron chi connectivity index (χ4n) is 4.29. The van der Waals surface area contributed by atoms with Crippen molar-refractivity contribution >= 4 is 0 Å². The lowest BCUT2D eigenvalue weighted by molar-refractivity contribution is -0.0128. The van der Waals surface area contributed by atoms with Crippen molar-refractivity contribution in [3.05, 3.63) is 0 Å². The molecule has 2 aliphatic carbocycles. The molecule has 2 aliphatic rings. The number of aliphatic hydroxyl groups excluding tert-OH is 1. The van der Waals surface area contributed by atoms with E-state index >= 15 is 0 Å². The average Bonchev–Trinajstić information content (AvgIpc) is 2.47. The van der Waals surface area contributed by atoms with Gasteiger partial charge in [0, 0.05) is 12.1 Å². The smallest absolute Gasteiger partial charge is 0.0846 e. The summed E-state index contributed by atoms with van der Waals surface area (Å²) in [6.07, 6.45) is 12.0. The first-order chi connectivity index (χ1) is 8.69. The van der Waals surface area contributed by atoms with Crippen LogP contribution in [0.25, 0.3) is 0 Å². The molecule has 106 valence electrons. The molecule has 2 fully saturated rings. The van der Waals surface area contributed by atoms with Gasteiger partial charge in [0.2, 0.25) is 0 Å². The van der Waals surface area contributed by atoms with Crippen molar-refractivity contribution in [3.63, 3.8) is 0 Å². The lowest BCUT2D eigenvalue weighted by Gasteiger charge is -2.49. The summed E-state index contributed by atoms with van der Waals surface area (Å²) in [6.45, 7) is 0.309. The number of aliphatic hydroxyl groups is 1. The van der Waals surface area contributed by atoms with Crippen LogP contribution >= 0.6 is 0 Å². The molecule has 0 radical (unpaired) electrons. The van der Waals surface area contributed by atoms with Gasteiger partial charge in [0.05, 0.1) is 6.10 Å². The fraction of sp³-hybridized carbons (Fsp3) is 1.00. The van der Waals surface area contributed by atoms with Gasteiger partial charge in [0.25, 0.3) is 0 Å². The third-order valence-electron chi connectivity index (χ3n) is 5.42. The third-order valence-corrected chi connectivity index (χ3v) is 5.42. The van der Waals surface area contributed by atoms with E-state index in [1.165, 1.54) is 64.2 Å². The topological polar surface area (TPSA) is 72.3 Å². The van der Waals surface area contributed by atoms with Gasteiger partial charge in [0.15, 0.2) is 0 Å². The van der Waals surface area contributed by atoms with Crippen molar-refractivity contribution in [3.8, 4) is 0 Å². The summed E-state index contributed by atoms with van der Waals surface area (Å²) in [4.78, 5) is 0. The fourth-order valence-corrected chi connectivity index (χ4v) is 4.29. The molecule has 0 aromatic heterocycles. The zero-order chi connectivity index (χ0) is 13.0. The molecule has 1 unspecified atom stereocenters. The van der Waals surface area contributed by atoms with E-state index in [1.54, 1.807) is 0 Å². The lowest BCUT2D eigenvalue weighted by atomic mass is 9.62. The molecule has 1 atom stereocenters. The zero-order valence-corrected chi connectivity index (χ0v) is 11.6. The van der Waals surface area contributed by atoms with Crippen LogP contribution in [-0.4, -0.2) is 23.3 Å². The zero-order valence-electron chi connectivity index (χ0n) is 11.6. The first-order valence-electron chi connectivity index (χ1n) is 7.86. The predicted molar refractivity (Wildman–Crippen MR) is 75.1 cm³/mol. The van der Waals surface area contributed by atoms with Gasteiger partial charge in [-0.05, 0) is 37.5 Å². The molecule has 2 rings (SSSR count). The van der Waals surface area contributed by atoms with Crippen LogP contribution in [0.3, 0.4) is 0 Å². The lowest BCUT2D eigenvalue weighted by Crippen LogP contribution is -2.64. The molecule has 3 nitrogen and oxygen atoms in total. The summed E-state index contributed by atoms with van der Waals surface area (Å²) in [6, 6.07) is 0. The second kappa shape index (κ2) is 6.36. The van der Waals surface area contributed by atoms with Crippen LogP contribution in [-0.2, 0) is 0 Å². The summed E-state index contributed by atoms with van der Waals surface area (Å²) in [5.74, 6) is 0.959. The quantitative estimate of drug-likeness (QED) is 0.720. The van der Waals surface area contributed by atoms with Crippen LogP contribution in [0.15, 0.2) is 0 Å². The van der Waals surface area contributed by atoms with Crippen molar-refractivity contribution in [2.24, 2.45) is 23.3 Å². The molecular weight excluding hydrogens is 224 g/mol. The highest BCUT2D eigenvalue weighted by molar-refractivity contribution is 5.03. The largest absolute Gasteiger partial charge is 0.390 e. The second-order valence-corrected chi connectivity index (χ2v) is 6.42. The molecule has 0 aliphatic heterocycles. The Hall–Kier alpha value is -0.120.